The molecule has 1 amide bonds. The summed E-state index contributed by atoms with van der Waals surface area (Å²) in [5, 5.41) is 6.63. The van der Waals surface area contributed by atoms with Gasteiger partial charge in [0, 0.05) is 24.5 Å². The second-order valence-corrected chi connectivity index (χ2v) is 5.74. The molecule has 0 aromatic heterocycles. The fourth-order valence-electron chi connectivity index (χ4n) is 2.26. The zero-order chi connectivity index (χ0) is 18.1. The van der Waals surface area contributed by atoms with Crippen LogP contribution in [0.3, 0.4) is 0 Å². The van der Waals surface area contributed by atoms with Crippen LogP contribution in [0, 0.1) is 0 Å². The summed E-state index contributed by atoms with van der Waals surface area (Å²) >= 11 is 6.08. The number of ether oxygens (including phenoxy) is 1. The molecule has 2 rings (SSSR count). The van der Waals surface area contributed by atoms with E-state index in [1.54, 1.807) is 31.2 Å². The van der Waals surface area contributed by atoms with Gasteiger partial charge < -0.3 is 15.4 Å². The number of nitrogens with one attached hydrogen (secondary N) is 2. The second-order valence-electron chi connectivity index (χ2n) is 5.33. The lowest BCUT2D eigenvalue weighted by atomic mass is 10.1. The molecule has 25 heavy (non-hydrogen) atoms. The van der Waals surface area contributed by atoms with Gasteiger partial charge in [0.05, 0.1) is 17.9 Å². The zero-order valence-corrected chi connectivity index (χ0v) is 14.8. The first kappa shape index (κ1) is 19.0. The normalized spacial score (nSPS) is 10.3. The molecule has 0 aliphatic heterocycles. The number of hydrogen-bond donors (Lipinski definition) is 2. The summed E-state index contributed by atoms with van der Waals surface area (Å²) in [6, 6.07) is 14.4. The molecule has 132 valence electrons. The minimum absolute atomic E-state index is 0.177. The predicted molar refractivity (Wildman–Crippen MR) is 98.8 cm³/mol. The summed E-state index contributed by atoms with van der Waals surface area (Å²) < 4.78 is 4.99. The van der Waals surface area contributed by atoms with Crippen molar-refractivity contribution < 1.29 is 14.3 Å². The minimum Gasteiger partial charge on any atom is -0.462 e. The maximum absolute atomic E-state index is 12.1. The van der Waals surface area contributed by atoms with Gasteiger partial charge in [-0.3, -0.25) is 4.79 Å². The summed E-state index contributed by atoms with van der Waals surface area (Å²) in [5.74, 6) is -0.626. The second kappa shape index (κ2) is 9.81. The van der Waals surface area contributed by atoms with Crippen molar-refractivity contribution in [2.45, 2.75) is 19.9 Å². The molecule has 0 aliphatic rings. The van der Waals surface area contributed by atoms with Crippen molar-refractivity contribution in [1.29, 1.82) is 0 Å². The number of halogens is 1. The lowest BCUT2D eigenvalue weighted by Crippen LogP contribution is -2.22. The van der Waals surface area contributed by atoms with Crippen LogP contribution in [0.2, 0.25) is 5.02 Å². The Morgan fingerprint density at radius 2 is 1.80 bits per heavy atom. The van der Waals surface area contributed by atoms with Crippen molar-refractivity contribution in [3.63, 3.8) is 0 Å². The van der Waals surface area contributed by atoms with Crippen molar-refractivity contribution in [2.24, 2.45) is 0 Å². The van der Waals surface area contributed by atoms with Crippen molar-refractivity contribution in [3.05, 3.63) is 64.7 Å². The zero-order valence-electron chi connectivity index (χ0n) is 14.0. The molecule has 0 radical (unpaired) electrons. The van der Waals surface area contributed by atoms with Crippen LogP contribution in [0.5, 0.6) is 0 Å². The first-order valence-corrected chi connectivity index (χ1v) is 8.49. The van der Waals surface area contributed by atoms with Crippen molar-refractivity contribution in [3.8, 4) is 0 Å². The van der Waals surface area contributed by atoms with Gasteiger partial charge in [-0.1, -0.05) is 41.9 Å². The van der Waals surface area contributed by atoms with Crippen molar-refractivity contribution >= 4 is 29.2 Å². The van der Waals surface area contributed by atoms with E-state index in [2.05, 4.69) is 10.6 Å². The van der Waals surface area contributed by atoms with E-state index in [1.165, 1.54) is 0 Å². The average molecular weight is 361 g/mol. The Labute approximate surface area is 152 Å². The van der Waals surface area contributed by atoms with Gasteiger partial charge in [-0.15, -0.1) is 0 Å². The highest BCUT2D eigenvalue weighted by Gasteiger charge is 2.13. The molecule has 0 saturated heterocycles. The highest BCUT2D eigenvalue weighted by Crippen LogP contribution is 2.17. The Bertz CT molecular complexity index is 734. The maximum atomic E-state index is 12.1. The summed E-state index contributed by atoms with van der Waals surface area (Å²) in [6.07, 6.45) is 0.279. The fourth-order valence-corrected chi connectivity index (χ4v) is 2.46. The summed E-state index contributed by atoms with van der Waals surface area (Å²) in [7, 11) is 0. The van der Waals surface area contributed by atoms with Gasteiger partial charge in [0.15, 0.2) is 0 Å². The molecule has 0 unspecified atom stereocenters. The van der Waals surface area contributed by atoms with Gasteiger partial charge in [0.2, 0.25) is 5.91 Å². The number of carbonyl (C=O) groups excluding carboxylic acids is 2. The number of carbonyl (C=O) groups is 2. The van der Waals surface area contributed by atoms with Crippen molar-refractivity contribution in [1.82, 2.24) is 5.32 Å². The molecule has 0 bridgehead atoms. The minimum atomic E-state index is -0.449. The van der Waals surface area contributed by atoms with E-state index < -0.39 is 5.97 Å². The lowest BCUT2D eigenvalue weighted by molar-refractivity contribution is -0.116. The van der Waals surface area contributed by atoms with Crippen LogP contribution in [0.25, 0.3) is 0 Å². The maximum Gasteiger partial charge on any atom is 0.340 e. The SMILES string of the molecule is CCOC(=O)c1ccccc1NC(=O)CCNCc1ccccc1Cl. The molecule has 2 N–H and O–H groups in total. The molecule has 0 saturated carbocycles. The molecule has 0 fully saturated rings. The number of amides is 1. The molecule has 0 atom stereocenters. The Morgan fingerprint density at radius 3 is 2.56 bits per heavy atom. The first-order chi connectivity index (χ1) is 12.1. The van der Waals surface area contributed by atoms with E-state index in [9.17, 15) is 9.59 Å². The van der Waals surface area contributed by atoms with Crippen LogP contribution in [0.4, 0.5) is 5.69 Å². The van der Waals surface area contributed by atoms with E-state index in [-0.39, 0.29) is 18.9 Å². The van der Waals surface area contributed by atoms with Gasteiger partial charge in [-0.25, -0.2) is 4.79 Å². The Balaban J connectivity index is 1.83. The van der Waals surface area contributed by atoms with Crippen LogP contribution in [-0.4, -0.2) is 25.0 Å². The van der Waals surface area contributed by atoms with E-state index in [4.69, 9.17) is 16.3 Å². The number of anilines is 1. The molecular weight excluding hydrogens is 340 g/mol. The molecule has 5 nitrogen and oxygen atoms in total. The number of benzene rings is 2. The molecule has 2 aromatic carbocycles. The topological polar surface area (TPSA) is 67.4 Å². The third-order valence-electron chi connectivity index (χ3n) is 3.50. The van der Waals surface area contributed by atoms with Gasteiger partial charge in [-0.05, 0) is 30.7 Å². The third kappa shape index (κ3) is 5.89. The van der Waals surface area contributed by atoms with E-state index in [0.29, 0.717) is 29.4 Å². The highest BCUT2D eigenvalue weighted by molar-refractivity contribution is 6.31. The Hall–Kier alpha value is -2.37. The predicted octanol–water partition coefficient (Wildman–Crippen LogP) is 3.64. The highest BCUT2D eigenvalue weighted by atomic mass is 35.5. The van der Waals surface area contributed by atoms with E-state index >= 15 is 0 Å². The summed E-state index contributed by atoms with van der Waals surface area (Å²) in [6.45, 7) is 3.11. The first-order valence-electron chi connectivity index (χ1n) is 8.12. The standard InChI is InChI=1S/C19H21ClN2O3/c1-2-25-19(24)15-8-4-6-10-17(15)22-18(23)11-12-21-13-14-7-3-5-9-16(14)20/h3-10,21H,2,11-13H2,1H3,(H,22,23). The smallest absolute Gasteiger partial charge is 0.340 e. The molecule has 0 spiro atoms. The average Bonchev–Trinajstić information content (AvgIpc) is 2.61. The Morgan fingerprint density at radius 1 is 1.08 bits per heavy atom. The molecule has 2 aromatic rings. The van der Waals surface area contributed by atoms with Gasteiger partial charge >= 0.3 is 5.97 Å². The largest absolute Gasteiger partial charge is 0.462 e. The van der Waals surface area contributed by atoms with Crippen molar-refractivity contribution in [2.75, 3.05) is 18.5 Å². The fraction of sp³-hybridized carbons (Fsp3) is 0.263. The summed E-state index contributed by atoms with van der Waals surface area (Å²) in [5.41, 5.74) is 1.79. The number of hydrogen-bond acceptors (Lipinski definition) is 4. The lowest BCUT2D eigenvalue weighted by Gasteiger charge is -2.11. The van der Waals surface area contributed by atoms with Crippen LogP contribution >= 0.6 is 11.6 Å². The quantitative estimate of drug-likeness (QED) is 0.557. The molecule has 6 heteroatoms. The molecular formula is C19H21ClN2O3. The number of esters is 1. The monoisotopic (exact) mass is 360 g/mol. The number of para-hydroxylation sites is 1. The van der Waals surface area contributed by atoms with Gasteiger partial charge in [0.25, 0.3) is 0 Å². The van der Waals surface area contributed by atoms with Crippen LogP contribution in [0.1, 0.15) is 29.3 Å². The van der Waals surface area contributed by atoms with Crippen LogP contribution in [-0.2, 0) is 16.1 Å². The van der Waals surface area contributed by atoms with E-state index in [0.717, 1.165) is 5.56 Å². The summed E-state index contributed by atoms with van der Waals surface area (Å²) in [4.78, 5) is 24.0. The van der Waals surface area contributed by atoms with E-state index in [1.807, 2.05) is 24.3 Å². The molecule has 0 aliphatic carbocycles. The van der Waals surface area contributed by atoms with Gasteiger partial charge in [0.1, 0.15) is 0 Å². The van der Waals surface area contributed by atoms with Gasteiger partial charge in [-0.2, -0.15) is 0 Å². The van der Waals surface area contributed by atoms with Crippen LogP contribution in [0.15, 0.2) is 48.5 Å². The third-order valence-corrected chi connectivity index (χ3v) is 3.87. The molecule has 0 heterocycles. The number of rotatable bonds is 8. The van der Waals surface area contributed by atoms with Crippen LogP contribution < -0.4 is 10.6 Å². The Kier molecular flexibility index (Phi) is 7.44.